The van der Waals surface area contributed by atoms with Crippen LogP contribution in [0.3, 0.4) is 0 Å². The van der Waals surface area contributed by atoms with Gasteiger partial charge in [0.05, 0.1) is 46.9 Å². The molecule has 0 unspecified atom stereocenters. The fraction of sp³-hybridized carbons (Fsp3) is 0.333. The highest BCUT2D eigenvalue weighted by molar-refractivity contribution is 6.02. The van der Waals surface area contributed by atoms with E-state index in [0.717, 1.165) is 0 Å². The summed E-state index contributed by atoms with van der Waals surface area (Å²) in [5.74, 6) is 1.83. The van der Waals surface area contributed by atoms with Crippen LogP contribution in [0.4, 0.5) is 0 Å². The topological polar surface area (TPSA) is 105 Å². The molecule has 210 valence electrons. The van der Waals surface area contributed by atoms with Crippen molar-refractivity contribution in [3.8, 4) is 34.5 Å². The van der Waals surface area contributed by atoms with Crippen molar-refractivity contribution in [3.63, 3.8) is 0 Å². The number of likely N-dealkylation sites (N-methyl/N-ethyl adjacent to an activating group) is 1. The minimum atomic E-state index is -0.785. The number of carbonyl (C=O) groups excluding carboxylic acids is 2. The lowest BCUT2D eigenvalue weighted by atomic mass is 9.79. The van der Waals surface area contributed by atoms with Crippen LogP contribution in [0.1, 0.15) is 33.4 Å². The van der Waals surface area contributed by atoms with E-state index in [1.54, 1.807) is 50.4 Å². The van der Waals surface area contributed by atoms with E-state index in [2.05, 4.69) is 5.32 Å². The third-order valence-corrected chi connectivity index (χ3v) is 7.28. The molecule has 0 aromatic heterocycles. The summed E-state index contributed by atoms with van der Waals surface area (Å²) in [6.07, 6.45) is -0.383. The molecule has 0 spiro atoms. The number of nitrogens with one attached hydrogen (secondary N) is 1. The second-order valence-electron chi connectivity index (χ2n) is 9.49. The Hall–Kier alpha value is -4.60. The molecule has 0 fully saturated rings. The standard InChI is InChI=1S/C30H32N2O8/c1-32-28(17-10-11-21(35-2)24(12-17)36-3)27(19-13-25(37-4)26(38-5)14-20(19)30(32)34)29(33)31-15-18-16-39-22-8-6-7-9-23(22)40-18/h6-14,18,27-28H,15-16H2,1-5H3,(H,31,33)/t18-,27+,28+/m0/s1. The van der Waals surface area contributed by atoms with Gasteiger partial charge >= 0.3 is 0 Å². The molecule has 10 heteroatoms. The fourth-order valence-corrected chi connectivity index (χ4v) is 5.27. The first-order valence-electron chi connectivity index (χ1n) is 12.8. The van der Waals surface area contributed by atoms with E-state index in [1.807, 2.05) is 30.3 Å². The minimum absolute atomic E-state index is 0.211. The van der Waals surface area contributed by atoms with Gasteiger partial charge in [-0.3, -0.25) is 9.59 Å². The number of amides is 2. The van der Waals surface area contributed by atoms with E-state index in [9.17, 15) is 9.59 Å². The van der Waals surface area contributed by atoms with E-state index in [1.165, 1.54) is 14.2 Å². The highest BCUT2D eigenvalue weighted by Gasteiger charge is 2.44. The Bertz CT molecular complexity index is 1420. The van der Waals surface area contributed by atoms with E-state index < -0.39 is 12.0 Å². The van der Waals surface area contributed by atoms with Gasteiger partial charge in [0.15, 0.2) is 34.5 Å². The molecule has 3 aromatic rings. The minimum Gasteiger partial charge on any atom is -0.493 e. The molecule has 0 saturated heterocycles. The molecule has 0 bridgehead atoms. The van der Waals surface area contributed by atoms with Crippen molar-refractivity contribution in [1.82, 2.24) is 10.2 Å². The predicted octanol–water partition coefficient (Wildman–Crippen LogP) is 3.59. The van der Waals surface area contributed by atoms with Gasteiger partial charge in [0.2, 0.25) is 5.91 Å². The first-order valence-corrected chi connectivity index (χ1v) is 12.8. The summed E-state index contributed by atoms with van der Waals surface area (Å²) in [6.45, 7) is 0.504. The van der Waals surface area contributed by atoms with Crippen LogP contribution >= 0.6 is 0 Å². The summed E-state index contributed by atoms with van der Waals surface area (Å²) >= 11 is 0. The maximum Gasteiger partial charge on any atom is 0.254 e. The monoisotopic (exact) mass is 548 g/mol. The third-order valence-electron chi connectivity index (χ3n) is 7.28. The SMILES string of the molecule is COc1ccc([C@@H]2[C@H](C(=O)NC[C@H]3COc4ccccc4O3)c3cc(OC)c(OC)cc3C(=O)N2C)cc1OC. The number of carbonyl (C=O) groups is 2. The number of hydrogen-bond acceptors (Lipinski definition) is 8. The van der Waals surface area contributed by atoms with Crippen molar-refractivity contribution in [2.75, 3.05) is 48.6 Å². The molecule has 40 heavy (non-hydrogen) atoms. The summed E-state index contributed by atoms with van der Waals surface area (Å²) in [5, 5.41) is 3.04. The molecule has 2 aliphatic heterocycles. The van der Waals surface area contributed by atoms with E-state index >= 15 is 0 Å². The summed E-state index contributed by atoms with van der Waals surface area (Å²) < 4.78 is 33.8. The van der Waals surface area contributed by atoms with Gasteiger partial charge in [0.1, 0.15) is 12.7 Å². The lowest BCUT2D eigenvalue weighted by Crippen LogP contribution is -2.48. The average molecular weight is 549 g/mol. The lowest BCUT2D eigenvalue weighted by molar-refractivity contribution is -0.124. The summed E-state index contributed by atoms with van der Waals surface area (Å²) in [5.41, 5.74) is 1.60. The van der Waals surface area contributed by atoms with Crippen LogP contribution in [-0.2, 0) is 4.79 Å². The molecular formula is C30H32N2O8. The van der Waals surface area contributed by atoms with Crippen molar-refractivity contribution in [3.05, 3.63) is 71.3 Å². The van der Waals surface area contributed by atoms with Crippen LogP contribution in [0, 0.1) is 0 Å². The zero-order valence-corrected chi connectivity index (χ0v) is 23.1. The second kappa shape index (κ2) is 11.3. The Kier molecular flexibility index (Phi) is 7.59. The number of fused-ring (bicyclic) bond motifs is 2. The van der Waals surface area contributed by atoms with Gasteiger partial charge in [-0.25, -0.2) is 0 Å². The Labute approximate surface area is 232 Å². The largest absolute Gasteiger partial charge is 0.493 e. The quantitative estimate of drug-likeness (QED) is 0.456. The van der Waals surface area contributed by atoms with Crippen molar-refractivity contribution >= 4 is 11.8 Å². The van der Waals surface area contributed by atoms with Crippen LogP contribution < -0.4 is 33.7 Å². The smallest absolute Gasteiger partial charge is 0.254 e. The number of benzene rings is 3. The Morgan fingerprint density at radius 3 is 2.25 bits per heavy atom. The van der Waals surface area contributed by atoms with E-state index in [0.29, 0.717) is 57.8 Å². The molecule has 2 heterocycles. The molecule has 0 aliphatic carbocycles. The zero-order chi connectivity index (χ0) is 28.4. The molecule has 3 atom stereocenters. The van der Waals surface area contributed by atoms with Gasteiger partial charge in [-0.2, -0.15) is 0 Å². The Balaban J connectivity index is 1.52. The molecule has 0 saturated carbocycles. The van der Waals surface area contributed by atoms with E-state index in [4.69, 9.17) is 28.4 Å². The van der Waals surface area contributed by atoms with Gasteiger partial charge in [0.25, 0.3) is 5.91 Å². The fourth-order valence-electron chi connectivity index (χ4n) is 5.27. The van der Waals surface area contributed by atoms with Crippen molar-refractivity contribution in [2.24, 2.45) is 0 Å². The second-order valence-corrected chi connectivity index (χ2v) is 9.49. The van der Waals surface area contributed by atoms with Crippen LogP contribution in [-0.4, -0.2) is 71.5 Å². The number of methoxy groups -OCH3 is 4. The van der Waals surface area contributed by atoms with Crippen molar-refractivity contribution in [2.45, 2.75) is 18.1 Å². The average Bonchev–Trinajstić information content (AvgIpc) is 3.00. The summed E-state index contributed by atoms with van der Waals surface area (Å²) in [6, 6.07) is 15.5. The number of para-hydroxylation sites is 2. The van der Waals surface area contributed by atoms with Gasteiger partial charge < -0.3 is 38.6 Å². The summed E-state index contributed by atoms with van der Waals surface area (Å²) in [7, 11) is 7.79. The zero-order valence-electron chi connectivity index (χ0n) is 23.1. The first-order chi connectivity index (χ1) is 19.4. The van der Waals surface area contributed by atoms with Crippen molar-refractivity contribution in [1.29, 1.82) is 0 Å². The van der Waals surface area contributed by atoms with Gasteiger partial charge in [-0.15, -0.1) is 0 Å². The third kappa shape index (κ3) is 4.81. The molecule has 0 radical (unpaired) electrons. The lowest BCUT2D eigenvalue weighted by Gasteiger charge is -2.40. The molecule has 1 N–H and O–H groups in total. The Morgan fingerprint density at radius 2 is 1.55 bits per heavy atom. The maximum absolute atomic E-state index is 14.0. The van der Waals surface area contributed by atoms with Crippen LogP contribution in [0.5, 0.6) is 34.5 Å². The number of rotatable bonds is 8. The normalized spacial score (nSPS) is 19.4. The predicted molar refractivity (Wildman–Crippen MR) is 146 cm³/mol. The molecule has 3 aromatic carbocycles. The molecule has 5 rings (SSSR count). The first kappa shape index (κ1) is 27.0. The van der Waals surface area contributed by atoms with Gasteiger partial charge in [-0.05, 0) is 47.5 Å². The highest BCUT2D eigenvalue weighted by atomic mass is 16.6. The number of hydrogen-bond donors (Lipinski definition) is 1. The molecule has 2 aliphatic rings. The van der Waals surface area contributed by atoms with Crippen molar-refractivity contribution < 1.29 is 38.0 Å². The highest BCUT2D eigenvalue weighted by Crippen LogP contribution is 2.47. The van der Waals surface area contributed by atoms with Crippen LogP contribution in [0.15, 0.2) is 54.6 Å². The number of nitrogens with zero attached hydrogens (tertiary/aromatic N) is 1. The molecule has 2 amide bonds. The number of ether oxygens (including phenoxy) is 6. The van der Waals surface area contributed by atoms with Gasteiger partial charge in [0, 0.05) is 12.6 Å². The van der Waals surface area contributed by atoms with Crippen LogP contribution in [0.2, 0.25) is 0 Å². The molecular weight excluding hydrogens is 516 g/mol. The maximum atomic E-state index is 14.0. The van der Waals surface area contributed by atoms with E-state index in [-0.39, 0.29) is 24.5 Å². The van der Waals surface area contributed by atoms with Crippen LogP contribution in [0.25, 0.3) is 0 Å². The molecule has 10 nitrogen and oxygen atoms in total. The van der Waals surface area contributed by atoms with Gasteiger partial charge in [-0.1, -0.05) is 18.2 Å². The summed E-state index contributed by atoms with van der Waals surface area (Å²) in [4.78, 5) is 29.3. The Morgan fingerprint density at radius 1 is 0.900 bits per heavy atom.